The number of likely N-dealkylation sites (N-methyl/N-ethyl adjacent to an activating group) is 1. The van der Waals surface area contributed by atoms with Gasteiger partial charge >= 0.3 is 0 Å². The lowest BCUT2D eigenvalue weighted by Crippen LogP contribution is -2.31. The Hall–Kier alpha value is -1.36. The Bertz CT molecular complexity index is 394. The first-order valence-electron chi connectivity index (χ1n) is 6.44. The molecule has 2 rings (SSSR count). The Kier molecular flexibility index (Phi) is 4.01. The SMILES string of the molecule is CC(C)Oc1cncc(N(C)C[C@@H](O)C2CC2)n1. The zero-order chi connectivity index (χ0) is 13.1. The minimum absolute atomic E-state index is 0.0805. The smallest absolute Gasteiger partial charge is 0.234 e. The van der Waals surface area contributed by atoms with Gasteiger partial charge in [-0.3, -0.25) is 4.98 Å². The topological polar surface area (TPSA) is 58.5 Å². The minimum atomic E-state index is -0.272. The monoisotopic (exact) mass is 251 g/mol. The molecule has 1 aromatic rings. The van der Waals surface area contributed by atoms with E-state index in [1.807, 2.05) is 25.8 Å². The van der Waals surface area contributed by atoms with E-state index < -0.39 is 0 Å². The molecule has 18 heavy (non-hydrogen) atoms. The predicted molar refractivity (Wildman–Crippen MR) is 69.8 cm³/mol. The lowest BCUT2D eigenvalue weighted by Gasteiger charge is -2.21. The molecule has 1 fully saturated rings. The Morgan fingerprint density at radius 1 is 1.44 bits per heavy atom. The van der Waals surface area contributed by atoms with E-state index in [1.54, 1.807) is 12.4 Å². The zero-order valence-electron chi connectivity index (χ0n) is 11.2. The van der Waals surface area contributed by atoms with Crippen LogP contribution in [0.15, 0.2) is 12.4 Å². The maximum atomic E-state index is 9.91. The van der Waals surface area contributed by atoms with Crippen LogP contribution < -0.4 is 9.64 Å². The molecular formula is C13H21N3O2. The molecular weight excluding hydrogens is 230 g/mol. The highest BCUT2D eigenvalue weighted by molar-refractivity contribution is 5.36. The van der Waals surface area contributed by atoms with Crippen molar-refractivity contribution < 1.29 is 9.84 Å². The summed E-state index contributed by atoms with van der Waals surface area (Å²) in [6.07, 6.45) is 5.37. The molecule has 1 aromatic heterocycles. The average Bonchev–Trinajstić information content (AvgIpc) is 3.12. The van der Waals surface area contributed by atoms with Gasteiger partial charge in [-0.15, -0.1) is 0 Å². The fourth-order valence-corrected chi connectivity index (χ4v) is 1.82. The molecule has 5 heteroatoms. The van der Waals surface area contributed by atoms with Crippen molar-refractivity contribution in [3.05, 3.63) is 12.4 Å². The summed E-state index contributed by atoms with van der Waals surface area (Å²) in [6.45, 7) is 4.49. The van der Waals surface area contributed by atoms with Crippen LogP contribution in [-0.4, -0.2) is 40.9 Å². The first-order valence-corrected chi connectivity index (χ1v) is 6.44. The van der Waals surface area contributed by atoms with E-state index in [-0.39, 0.29) is 12.2 Å². The van der Waals surface area contributed by atoms with E-state index in [2.05, 4.69) is 9.97 Å². The van der Waals surface area contributed by atoms with Gasteiger partial charge in [0.15, 0.2) is 5.82 Å². The van der Waals surface area contributed by atoms with Crippen molar-refractivity contribution in [3.8, 4) is 5.88 Å². The largest absolute Gasteiger partial charge is 0.474 e. The molecule has 1 N–H and O–H groups in total. The molecule has 1 aliphatic rings. The number of hydrogen-bond acceptors (Lipinski definition) is 5. The molecule has 1 aliphatic carbocycles. The summed E-state index contributed by atoms with van der Waals surface area (Å²) in [4.78, 5) is 10.4. The highest BCUT2D eigenvalue weighted by Gasteiger charge is 2.30. The van der Waals surface area contributed by atoms with Gasteiger partial charge in [0.25, 0.3) is 0 Å². The zero-order valence-corrected chi connectivity index (χ0v) is 11.2. The normalized spacial score (nSPS) is 16.7. The van der Waals surface area contributed by atoms with Crippen LogP contribution in [0.4, 0.5) is 5.82 Å². The number of ether oxygens (including phenoxy) is 1. The molecule has 1 atom stereocenters. The quantitative estimate of drug-likeness (QED) is 0.829. The standard InChI is InChI=1S/C13H21N3O2/c1-9(2)18-13-7-14-6-12(15-13)16(3)8-11(17)10-4-5-10/h6-7,9-11,17H,4-5,8H2,1-3H3/t11-/m1/s1. The van der Waals surface area contributed by atoms with Crippen LogP contribution in [0, 0.1) is 5.92 Å². The highest BCUT2D eigenvalue weighted by Crippen LogP contribution is 2.33. The molecule has 1 heterocycles. The molecule has 0 radical (unpaired) electrons. The van der Waals surface area contributed by atoms with E-state index in [9.17, 15) is 5.11 Å². The van der Waals surface area contributed by atoms with Crippen molar-refractivity contribution in [2.45, 2.75) is 38.9 Å². The molecule has 100 valence electrons. The fraction of sp³-hybridized carbons (Fsp3) is 0.692. The van der Waals surface area contributed by atoms with E-state index in [0.29, 0.717) is 18.3 Å². The van der Waals surface area contributed by atoms with Crippen LogP contribution in [-0.2, 0) is 0 Å². The molecule has 0 aliphatic heterocycles. The average molecular weight is 251 g/mol. The van der Waals surface area contributed by atoms with Gasteiger partial charge in [0.2, 0.25) is 5.88 Å². The van der Waals surface area contributed by atoms with Crippen molar-refractivity contribution in [1.82, 2.24) is 9.97 Å². The van der Waals surface area contributed by atoms with Gasteiger partial charge in [-0.1, -0.05) is 0 Å². The molecule has 0 unspecified atom stereocenters. The van der Waals surface area contributed by atoms with Crippen molar-refractivity contribution in [3.63, 3.8) is 0 Å². The van der Waals surface area contributed by atoms with E-state index >= 15 is 0 Å². The number of aromatic nitrogens is 2. The second-order valence-electron chi connectivity index (χ2n) is 5.17. The summed E-state index contributed by atoms with van der Waals surface area (Å²) in [6, 6.07) is 0. The summed E-state index contributed by atoms with van der Waals surface area (Å²) in [5.41, 5.74) is 0. The summed E-state index contributed by atoms with van der Waals surface area (Å²) < 4.78 is 5.51. The Balaban J connectivity index is 1.97. The van der Waals surface area contributed by atoms with Gasteiger partial charge in [0.1, 0.15) is 0 Å². The third kappa shape index (κ3) is 3.57. The van der Waals surface area contributed by atoms with Gasteiger partial charge < -0.3 is 14.7 Å². The minimum Gasteiger partial charge on any atom is -0.474 e. The Morgan fingerprint density at radius 3 is 2.78 bits per heavy atom. The molecule has 0 saturated heterocycles. The lowest BCUT2D eigenvalue weighted by molar-refractivity contribution is 0.158. The number of aliphatic hydroxyl groups is 1. The van der Waals surface area contributed by atoms with Gasteiger partial charge in [-0.05, 0) is 32.6 Å². The van der Waals surface area contributed by atoms with Crippen LogP contribution in [0.5, 0.6) is 5.88 Å². The van der Waals surface area contributed by atoms with Gasteiger partial charge in [0, 0.05) is 13.6 Å². The van der Waals surface area contributed by atoms with Crippen molar-refractivity contribution in [1.29, 1.82) is 0 Å². The molecule has 1 saturated carbocycles. The number of aliphatic hydroxyl groups excluding tert-OH is 1. The van der Waals surface area contributed by atoms with Gasteiger partial charge in [-0.25, -0.2) is 0 Å². The Morgan fingerprint density at radius 2 is 2.17 bits per heavy atom. The summed E-state index contributed by atoms with van der Waals surface area (Å²) >= 11 is 0. The van der Waals surface area contributed by atoms with Crippen molar-refractivity contribution >= 4 is 5.82 Å². The van der Waals surface area contributed by atoms with E-state index in [0.717, 1.165) is 18.7 Å². The maximum absolute atomic E-state index is 9.91. The van der Waals surface area contributed by atoms with Crippen LogP contribution >= 0.6 is 0 Å². The third-order valence-electron chi connectivity index (χ3n) is 2.97. The predicted octanol–water partition coefficient (Wildman–Crippen LogP) is 1.47. The van der Waals surface area contributed by atoms with Crippen LogP contribution in [0.25, 0.3) is 0 Å². The van der Waals surface area contributed by atoms with Crippen molar-refractivity contribution in [2.24, 2.45) is 5.92 Å². The second kappa shape index (κ2) is 5.52. The number of nitrogens with zero attached hydrogens (tertiary/aromatic N) is 3. The molecule has 5 nitrogen and oxygen atoms in total. The summed E-state index contributed by atoms with van der Waals surface area (Å²) in [5.74, 6) is 1.72. The fourth-order valence-electron chi connectivity index (χ4n) is 1.82. The van der Waals surface area contributed by atoms with E-state index in [4.69, 9.17) is 4.74 Å². The second-order valence-corrected chi connectivity index (χ2v) is 5.17. The number of rotatable bonds is 6. The molecule has 0 spiro atoms. The third-order valence-corrected chi connectivity index (χ3v) is 2.97. The van der Waals surface area contributed by atoms with Crippen molar-refractivity contribution in [2.75, 3.05) is 18.5 Å². The molecule has 0 amide bonds. The summed E-state index contributed by atoms with van der Waals surface area (Å²) in [7, 11) is 1.91. The summed E-state index contributed by atoms with van der Waals surface area (Å²) in [5, 5.41) is 9.91. The van der Waals surface area contributed by atoms with Crippen LogP contribution in [0.2, 0.25) is 0 Å². The lowest BCUT2D eigenvalue weighted by atomic mass is 10.2. The Labute approximate surface area is 108 Å². The van der Waals surface area contributed by atoms with Gasteiger partial charge in [-0.2, -0.15) is 4.98 Å². The van der Waals surface area contributed by atoms with Gasteiger partial charge in [0.05, 0.1) is 24.6 Å². The van der Waals surface area contributed by atoms with E-state index in [1.165, 1.54) is 0 Å². The first kappa shape index (κ1) is 13.1. The van der Waals surface area contributed by atoms with Crippen LogP contribution in [0.3, 0.4) is 0 Å². The number of hydrogen-bond donors (Lipinski definition) is 1. The first-order chi connectivity index (χ1) is 8.56. The molecule has 0 aromatic carbocycles. The van der Waals surface area contributed by atoms with Crippen LogP contribution in [0.1, 0.15) is 26.7 Å². The molecule has 0 bridgehead atoms. The number of anilines is 1. The highest BCUT2D eigenvalue weighted by atomic mass is 16.5. The maximum Gasteiger partial charge on any atom is 0.234 e.